The molecule has 0 bridgehead atoms. The zero-order chi connectivity index (χ0) is 14.9. The lowest BCUT2D eigenvalue weighted by Gasteiger charge is -2.10. The summed E-state index contributed by atoms with van der Waals surface area (Å²) >= 11 is 1.15. The van der Waals surface area contributed by atoms with E-state index in [0.717, 1.165) is 28.7 Å². The maximum absolute atomic E-state index is 9.86. The van der Waals surface area contributed by atoms with Crippen molar-refractivity contribution >= 4 is 17.6 Å². The average molecular weight is 289 g/mol. The van der Waals surface area contributed by atoms with Crippen LogP contribution in [-0.4, -0.2) is 25.9 Å². The third kappa shape index (κ3) is 2.72. The Morgan fingerprint density at radius 2 is 1.85 bits per heavy atom. The van der Waals surface area contributed by atoms with Gasteiger partial charge < -0.3 is 10.8 Å². The number of hydrogen-bond donors (Lipinski definition) is 3. The zero-order valence-corrected chi connectivity index (χ0v) is 12.2. The highest BCUT2D eigenvalue weighted by Gasteiger charge is 2.15. The molecule has 4 N–H and O–H groups in total. The lowest BCUT2D eigenvalue weighted by molar-refractivity contribution is 0.439. The average Bonchev–Trinajstić information content (AvgIpc) is 2.38. The number of amidine groups is 1. The van der Waals surface area contributed by atoms with Crippen molar-refractivity contribution in [3.8, 4) is 5.88 Å². The summed E-state index contributed by atoms with van der Waals surface area (Å²) in [4.78, 5) is 12.9. The van der Waals surface area contributed by atoms with Gasteiger partial charge in [-0.25, -0.2) is 15.0 Å². The Morgan fingerprint density at radius 3 is 2.40 bits per heavy atom. The molecule has 0 saturated carbocycles. The smallest absolute Gasteiger partial charge is 0.226 e. The number of nitrogens with one attached hydrogen (secondary N) is 1. The van der Waals surface area contributed by atoms with E-state index < -0.39 is 0 Å². The molecule has 2 rings (SSSR count). The molecule has 0 aliphatic heterocycles. The zero-order valence-electron chi connectivity index (χ0n) is 11.4. The Morgan fingerprint density at radius 1 is 1.25 bits per heavy atom. The summed E-state index contributed by atoms with van der Waals surface area (Å²) in [6.45, 7) is 5.77. The monoisotopic (exact) mass is 289 g/mol. The van der Waals surface area contributed by atoms with Gasteiger partial charge in [0.25, 0.3) is 0 Å². The summed E-state index contributed by atoms with van der Waals surface area (Å²) in [5.41, 5.74) is 8.73. The largest absolute Gasteiger partial charge is 0.492 e. The van der Waals surface area contributed by atoms with E-state index in [1.54, 1.807) is 6.07 Å². The van der Waals surface area contributed by atoms with Crippen LogP contribution in [0.3, 0.4) is 0 Å². The van der Waals surface area contributed by atoms with Gasteiger partial charge in [0.05, 0.1) is 4.90 Å². The molecule has 0 aromatic carbocycles. The minimum absolute atomic E-state index is 0.134. The highest BCUT2D eigenvalue weighted by Crippen LogP contribution is 2.34. The van der Waals surface area contributed by atoms with Gasteiger partial charge in [-0.15, -0.1) is 0 Å². The quantitative estimate of drug-likeness (QED) is 0.452. The van der Waals surface area contributed by atoms with Crippen LogP contribution in [0.1, 0.15) is 22.5 Å². The second kappa shape index (κ2) is 5.46. The van der Waals surface area contributed by atoms with E-state index in [4.69, 9.17) is 11.1 Å². The molecule has 2 aromatic rings. The van der Waals surface area contributed by atoms with Gasteiger partial charge in [-0.1, -0.05) is 0 Å². The van der Waals surface area contributed by atoms with E-state index >= 15 is 0 Å². The molecule has 0 aliphatic carbocycles. The maximum Gasteiger partial charge on any atom is 0.226 e. The van der Waals surface area contributed by atoms with E-state index in [2.05, 4.69) is 15.0 Å². The minimum atomic E-state index is -0.179. The third-order valence-corrected chi connectivity index (χ3v) is 3.95. The van der Waals surface area contributed by atoms with Crippen LogP contribution >= 0.6 is 11.8 Å². The van der Waals surface area contributed by atoms with Crippen LogP contribution in [0.15, 0.2) is 22.3 Å². The second-order valence-electron chi connectivity index (χ2n) is 4.33. The fourth-order valence-corrected chi connectivity index (χ4v) is 2.61. The molecule has 0 unspecified atom stereocenters. The SMILES string of the molecule is Cc1nc(Sc2c(C(=N)N)ccnc2O)nc(C)c1C. The number of rotatable bonds is 3. The summed E-state index contributed by atoms with van der Waals surface area (Å²) < 4.78 is 0. The normalized spacial score (nSPS) is 10.6. The lowest BCUT2D eigenvalue weighted by atomic mass is 10.2. The molecule has 0 spiro atoms. The summed E-state index contributed by atoms with van der Waals surface area (Å²) in [5, 5.41) is 17.9. The number of hydrogen-bond acceptors (Lipinski definition) is 6. The lowest BCUT2D eigenvalue weighted by Crippen LogP contribution is -2.12. The Balaban J connectivity index is 2.47. The van der Waals surface area contributed by atoms with Crippen molar-refractivity contribution in [1.29, 1.82) is 5.41 Å². The second-order valence-corrected chi connectivity index (χ2v) is 5.31. The van der Waals surface area contributed by atoms with E-state index in [9.17, 15) is 5.11 Å². The number of pyridine rings is 1. The van der Waals surface area contributed by atoms with Gasteiger partial charge in [-0.3, -0.25) is 5.41 Å². The topological polar surface area (TPSA) is 109 Å². The molecular formula is C13H15N5OS. The van der Waals surface area contributed by atoms with Gasteiger partial charge in [0, 0.05) is 23.1 Å². The standard InChI is InChI=1S/C13H15N5OS/c1-6-7(2)17-13(18-8(6)3)20-10-9(11(14)15)4-5-16-12(10)19/h4-5H,1-3H3,(H3,14,15)(H,16,19). The highest BCUT2D eigenvalue weighted by atomic mass is 32.2. The molecular weight excluding hydrogens is 274 g/mol. The summed E-state index contributed by atoms with van der Waals surface area (Å²) in [6.07, 6.45) is 1.41. The van der Waals surface area contributed by atoms with E-state index in [-0.39, 0.29) is 11.7 Å². The predicted molar refractivity (Wildman–Crippen MR) is 77.3 cm³/mol. The van der Waals surface area contributed by atoms with Crippen LogP contribution in [-0.2, 0) is 0 Å². The molecule has 0 saturated heterocycles. The highest BCUT2D eigenvalue weighted by molar-refractivity contribution is 7.99. The molecule has 0 amide bonds. The molecule has 0 fully saturated rings. The van der Waals surface area contributed by atoms with Crippen LogP contribution in [0, 0.1) is 26.2 Å². The van der Waals surface area contributed by atoms with Crippen molar-refractivity contribution in [2.24, 2.45) is 5.73 Å². The first-order valence-corrected chi connectivity index (χ1v) is 6.74. The van der Waals surface area contributed by atoms with E-state index in [0.29, 0.717) is 15.6 Å². The number of nitrogen functional groups attached to an aromatic ring is 1. The molecule has 0 aliphatic rings. The summed E-state index contributed by atoms with van der Waals surface area (Å²) in [7, 11) is 0. The fraction of sp³-hybridized carbons (Fsp3) is 0.231. The first-order chi connectivity index (χ1) is 9.40. The maximum atomic E-state index is 9.86. The molecule has 104 valence electrons. The molecule has 20 heavy (non-hydrogen) atoms. The van der Waals surface area contributed by atoms with Crippen molar-refractivity contribution < 1.29 is 5.11 Å². The number of nitrogens with two attached hydrogens (primary N) is 1. The fourth-order valence-electron chi connectivity index (χ4n) is 1.63. The van der Waals surface area contributed by atoms with Crippen LogP contribution in [0.4, 0.5) is 0 Å². The van der Waals surface area contributed by atoms with Crippen molar-refractivity contribution in [2.75, 3.05) is 0 Å². The Hall–Kier alpha value is -2.15. The molecule has 0 atom stereocenters. The van der Waals surface area contributed by atoms with Crippen molar-refractivity contribution in [1.82, 2.24) is 15.0 Å². The molecule has 6 nitrogen and oxygen atoms in total. The Kier molecular flexibility index (Phi) is 3.89. The van der Waals surface area contributed by atoms with Crippen LogP contribution in [0.2, 0.25) is 0 Å². The molecule has 7 heteroatoms. The van der Waals surface area contributed by atoms with E-state index in [1.807, 2.05) is 20.8 Å². The van der Waals surface area contributed by atoms with Gasteiger partial charge in [-0.2, -0.15) is 0 Å². The first-order valence-electron chi connectivity index (χ1n) is 5.92. The van der Waals surface area contributed by atoms with Gasteiger partial charge in [0.15, 0.2) is 5.16 Å². The van der Waals surface area contributed by atoms with Crippen molar-refractivity contribution in [2.45, 2.75) is 30.8 Å². The van der Waals surface area contributed by atoms with Gasteiger partial charge in [0.1, 0.15) is 5.84 Å². The minimum Gasteiger partial charge on any atom is -0.492 e. The van der Waals surface area contributed by atoms with Crippen LogP contribution in [0.5, 0.6) is 5.88 Å². The third-order valence-electron chi connectivity index (χ3n) is 2.98. The predicted octanol–water partition coefficient (Wildman–Crippen LogP) is 1.94. The number of nitrogens with zero attached hydrogens (tertiary/aromatic N) is 3. The first kappa shape index (κ1) is 14.3. The van der Waals surface area contributed by atoms with Crippen molar-refractivity contribution in [3.63, 3.8) is 0 Å². The number of aryl methyl sites for hydroxylation is 2. The number of aromatic hydroxyl groups is 1. The van der Waals surface area contributed by atoms with Gasteiger partial charge >= 0.3 is 0 Å². The molecule has 2 aromatic heterocycles. The van der Waals surface area contributed by atoms with Crippen molar-refractivity contribution in [3.05, 3.63) is 34.8 Å². The van der Waals surface area contributed by atoms with Gasteiger partial charge in [0.2, 0.25) is 5.88 Å². The van der Waals surface area contributed by atoms with Gasteiger partial charge in [-0.05, 0) is 44.2 Å². The molecule has 0 radical (unpaired) electrons. The summed E-state index contributed by atoms with van der Waals surface area (Å²) in [5.74, 6) is -0.312. The van der Waals surface area contributed by atoms with E-state index in [1.165, 1.54) is 6.20 Å². The van der Waals surface area contributed by atoms with Crippen LogP contribution < -0.4 is 5.73 Å². The Bertz CT molecular complexity index is 663. The Labute approximate surface area is 121 Å². The van der Waals surface area contributed by atoms with Crippen LogP contribution in [0.25, 0.3) is 0 Å². The number of aromatic nitrogens is 3. The summed E-state index contributed by atoms with van der Waals surface area (Å²) in [6, 6.07) is 1.58. The molecule has 2 heterocycles.